The Bertz CT molecular complexity index is 1390. The number of nitrogens with zero attached hydrogens (tertiary/aromatic N) is 6. The highest BCUT2D eigenvalue weighted by molar-refractivity contribution is 5.73. The second-order valence-electron chi connectivity index (χ2n) is 10.1. The number of aromatic amines is 1. The maximum absolute atomic E-state index is 12.9. The van der Waals surface area contributed by atoms with Gasteiger partial charge in [0.25, 0.3) is 5.56 Å². The number of pyridine rings is 1. The van der Waals surface area contributed by atoms with Crippen LogP contribution in [0.4, 0.5) is 0 Å². The lowest BCUT2D eigenvalue weighted by Crippen LogP contribution is -2.22. The van der Waals surface area contributed by atoms with Crippen molar-refractivity contribution in [3.8, 4) is 0 Å². The highest BCUT2D eigenvalue weighted by atomic mass is 16.1. The molecular formula is C25H31N7O. The van der Waals surface area contributed by atoms with Crippen LogP contribution in [0.3, 0.4) is 0 Å². The van der Waals surface area contributed by atoms with Crippen LogP contribution in [0.25, 0.3) is 16.7 Å². The van der Waals surface area contributed by atoms with Gasteiger partial charge in [-0.15, -0.1) is 0 Å². The standard InChI is InChI=1S/C25H31N7O/c1-15-8-9-31-21(17(3)27-22(31)10-15)14-30-12-16(2)20(13-30)23-28-24-19(25(33)29-23)11-26-32(24)18-6-4-5-7-18/h8-11,16,18,20H,4-7,12-14H2,1-3H3,(H,28,29,33)/t16-,20-/m1/s1. The van der Waals surface area contributed by atoms with Crippen molar-refractivity contribution in [1.29, 1.82) is 0 Å². The summed E-state index contributed by atoms with van der Waals surface area (Å²) < 4.78 is 4.20. The van der Waals surface area contributed by atoms with Gasteiger partial charge in [-0.25, -0.2) is 14.6 Å². The summed E-state index contributed by atoms with van der Waals surface area (Å²) in [6.45, 7) is 9.11. The molecule has 0 spiro atoms. The minimum atomic E-state index is -0.0714. The lowest BCUT2D eigenvalue weighted by atomic mass is 9.97. The zero-order valence-electron chi connectivity index (χ0n) is 19.6. The zero-order valence-corrected chi connectivity index (χ0v) is 19.6. The molecule has 4 aromatic heterocycles. The molecule has 5 heterocycles. The molecule has 1 saturated carbocycles. The van der Waals surface area contributed by atoms with Gasteiger partial charge in [0.15, 0.2) is 5.65 Å². The smallest absolute Gasteiger partial charge is 0.262 e. The quantitative estimate of drug-likeness (QED) is 0.517. The van der Waals surface area contributed by atoms with E-state index in [1.54, 1.807) is 6.20 Å². The van der Waals surface area contributed by atoms with E-state index in [1.807, 2.05) is 4.68 Å². The highest BCUT2D eigenvalue weighted by Gasteiger charge is 2.34. The first-order valence-corrected chi connectivity index (χ1v) is 12.1. The summed E-state index contributed by atoms with van der Waals surface area (Å²) in [6, 6.07) is 4.62. The summed E-state index contributed by atoms with van der Waals surface area (Å²) in [5.74, 6) is 1.39. The van der Waals surface area contributed by atoms with Crippen LogP contribution in [-0.2, 0) is 6.54 Å². The molecule has 0 bridgehead atoms. The topological polar surface area (TPSA) is 84.1 Å². The van der Waals surface area contributed by atoms with Crippen LogP contribution in [0.15, 0.2) is 29.3 Å². The first-order valence-electron chi connectivity index (χ1n) is 12.1. The molecule has 4 aromatic rings. The molecule has 0 aromatic carbocycles. The molecule has 0 radical (unpaired) electrons. The number of likely N-dealkylation sites (tertiary alicyclic amines) is 1. The third kappa shape index (κ3) is 3.47. The first kappa shape index (κ1) is 20.6. The SMILES string of the molecule is Cc1ccn2c(CN3C[C@@H](C)[C@H](c4nc5c(cnn5C5CCCC5)c(=O)[nH]4)C3)c(C)nc2c1. The largest absolute Gasteiger partial charge is 0.310 e. The van der Waals surface area contributed by atoms with Gasteiger partial charge in [0, 0.05) is 31.7 Å². The number of aromatic nitrogens is 6. The third-order valence-electron chi connectivity index (χ3n) is 7.65. The molecule has 1 saturated heterocycles. The average molecular weight is 446 g/mol. The molecule has 6 rings (SSSR count). The van der Waals surface area contributed by atoms with Crippen LogP contribution in [-0.4, -0.2) is 47.1 Å². The van der Waals surface area contributed by atoms with E-state index < -0.39 is 0 Å². The molecule has 0 amide bonds. The molecule has 2 fully saturated rings. The van der Waals surface area contributed by atoms with Gasteiger partial charge >= 0.3 is 0 Å². The predicted octanol–water partition coefficient (Wildman–Crippen LogP) is 3.73. The Kier molecular flexibility index (Phi) is 4.87. The molecule has 172 valence electrons. The minimum Gasteiger partial charge on any atom is -0.310 e. The van der Waals surface area contributed by atoms with E-state index in [2.05, 4.69) is 58.5 Å². The van der Waals surface area contributed by atoms with Crippen molar-refractivity contribution >= 4 is 16.7 Å². The van der Waals surface area contributed by atoms with Crippen LogP contribution in [0.1, 0.15) is 67.3 Å². The zero-order chi connectivity index (χ0) is 22.7. The number of hydrogen-bond donors (Lipinski definition) is 1. The second-order valence-corrected chi connectivity index (χ2v) is 10.1. The maximum atomic E-state index is 12.9. The van der Waals surface area contributed by atoms with Crippen molar-refractivity contribution in [2.24, 2.45) is 5.92 Å². The molecule has 33 heavy (non-hydrogen) atoms. The minimum absolute atomic E-state index is 0.0714. The first-order chi connectivity index (χ1) is 16.0. The van der Waals surface area contributed by atoms with Gasteiger partial charge in [0.05, 0.1) is 23.6 Å². The fourth-order valence-electron chi connectivity index (χ4n) is 5.81. The van der Waals surface area contributed by atoms with E-state index in [0.29, 0.717) is 17.3 Å². The number of aryl methyl sites for hydroxylation is 2. The second kappa shape index (κ2) is 7.80. The van der Waals surface area contributed by atoms with Gasteiger partial charge in [-0.05, 0) is 50.3 Å². The van der Waals surface area contributed by atoms with E-state index in [4.69, 9.17) is 9.97 Å². The highest BCUT2D eigenvalue weighted by Crippen LogP contribution is 2.34. The van der Waals surface area contributed by atoms with E-state index in [1.165, 1.54) is 24.1 Å². The average Bonchev–Trinajstić information content (AvgIpc) is 3.55. The summed E-state index contributed by atoms with van der Waals surface area (Å²) in [4.78, 5) is 28.2. The molecule has 1 aliphatic heterocycles. The number of nitrogens with one attached hydrogen (secondary N) is 1. The molecular weight excluding hydrogens is 414 g/mol. The van der Waals surface area contributed by atoms with E-state index in [0.717, 1.165) is 55.3 Å². The molecule has 8 heteroatoms. The third-order valence-corrected chi connectivity index (χ3v) is 7.65. The Morgan fingerprint density at radius 3 is 2.79 bits per heavy atom. The van der Waals surface area contributed by atoms with Gasteiger partial charge in [-0.1, -0.05) is 19.8 Å². The fraction of sp³-hybridized carbons (Fsp3) is 0.520. The Morgan fingerprint density at radius 2 is 1.97 bits per heavy atom. The normalized spacial score (nSPS) is 22.3. The predicted molar refractivity (Wildman–Crippen MR) is 128 cm³/mol. The van der Waals surface area contributed by atoms with Crippen LogP contribution < -0.4 is 5.56 Å². The van der Waals surface area contributed by atoms with Gasteiger partial charge in [-0.2, -0.15) is 5.10 Å². The maximum Gasteiger partial charge on any atom is 0.262 e. The summed E-state index contributed by atoms with van der Waals surface area (Å²) in [5, 5.41) is 5.15. The summed E-state index contributed by atoms with van der Waals surface area (Å²) in [7, 11) is 0. The fourth-order valence-corrected chi connectivity index (χ4v) is 5.81. The van der Waals surface area contributed by atoms with Crippen molar-refractivity contribution in [3.63, 3.8) is 0 Å². The van der Waals surface area contributed by atoms with E-state index >= 15 is 0 Å². The monoisotopic (exact) mass is 445 g/mol. The molecule has 1 aliphatic carbocycles. The van der Waals surface area contributed by atoms with Gasteiger partial charge in [0.2, 0.25) is 0 Å². The molecule has 2 atom stereocenters. The summed E-state index contributed by atoms with van der Waals surface area (Å²) in [5.41, 5.74) is 5.20. The van der Waals surface area contributed by atoms with Crippen molar-refractivity contribution in [2.45, 2.75) is 65.0 Å². The lowest BCUT2D eigenvalue weighted by molar-refractivity contribution is 0.313. The Hall–Kier alpha value is -3.00. The van der Waals surface area contributed by atoms with Gasteiger partial charge in [0.1, 0.15) is 16.9 Å². The molecule has 1 N–H and O–H groups in total. The van der Waals surface area contributed by atoms with Crippen molar-refractivity contribution in [2.75, 3.05) is 13.1 Å². The Morgan fingerprint density at radius 1 is 1.15 bits per heavy atom. The molecule has 2 aliphatic rings. The Labute approximate surface area is 192 Å². The lowest BCUT2D eigenvalue weighted by Gasteiger charge is -2.17. The number of fused-ring (bicyclic) bond motifs is 2. The summed E-state index contributed by atoms with van der Waals surface area (Å²) in [6.07, 6.45) is 8.48. The summed E-state index contributed by atoms with van der Waals surface area (Å²) >= 11 is 0. The Balaban J connectivity index is 1.29. The number of imidazole rings is 1. The van der Waals surface area contributed by atoms with Crippen molar-refractivity contribution in [3.05, 3.63) is 57.7 Å². The number of hydrogen-bond acceptors (Lipinski definition) is 5. The van der Waals surface area contributed by atoms with Gasteiger partial charge in [-0.3, -0.25) is 9.69 Å². The van der Waals surface area contributed by atoms with Gasteiger partial charge < -0.3 is 9.38 Å². The number of rotatable bonds is 4. The molecule has 8 nitrogen and oxygen atoms in total. The van der Waals surface area contributed by atoms with Crippen LogP contribution in [0, 0.1) is 19.8 Å². The van der Waals surface area contributed by atoms with E-state index in [-0.39, 0.29) is 11.5 Å². The van der Waals surface area contributed by atoms with Crippen LogP contribution >= 0.6 is 0 Å². The van der Waals surface area contributed by atoms with E-state index in [9.17, 15) is 4.79 Å². The van der Waals surface area contributed by atoms with Crippen LogP contribution in [0.5, 0.6) is 0 Å². The van der Waals surface area contributed by atoms with Crippen molar-refractivity contribution in [1.82, 2.24) is 34.0 Å². The van der Waals surface area contributed by atoms with Crippen LogP contribution in [0.2, 0.25) is 0 Å². The number of H-pyrrole nitrogens is 1. The van der Waals surface area contributed by atoms with Crippen molar-refractivity contribution < 1.29 is 0 Å². The molecule has 0 unspecified atom stereocenters.